The van der Waals surface area contributed by atoms with E-state index >= 15 is 0 Å². The zero-order valence-corrected chi connectivity index (χ0v) is 16.4. The Kier molecular flexibility index (Phi) is 6.74. The molecule has 0 radical (unpaired) electrons. The Morgan fingerprint density at radius 1 is 0.680 bits per heavy atom. The van der Waals surface area contributed by atoms with Crippen molar-refractivity contribution in [3.8, 4) is 0 Å². The van der Waals surface area contributed by atoms with E-state index in [0.29, 0.717) is 16.0 Å². The van der Waals surface area contributed by atoms with E-state index in [9.17, 15) is 13.2 Å². The van der Waals surface area contributed by atoms with Crippen molar-refractivity contribution in [2.45, 2.75) is 58.5 Å². The molecule has 0 fully saturated rings. The van der Waals surface area contributed by atoms with Crippen molar-refractivity contribution in [1.29, 1.82) is 0 Å². The molecular formula is C21H26ClF3. The molecule has 0 aromatic heterocycles. The molecule has 0 unspecified atom stereocenters. The zero-order valence-electron chi connectivity index (χ0n) is 15.6. The molecule has 138 valence electrons. The largest absolute Gasteiger partial charge is 0.416 e. The van der Waals surface area contributed by atoms with E-state index in [1.54, 1.807) is 0 Å². The van der Waals surface area contributed by atoms with Crippen molar-refractivity contribution in [3.63, 3.8) is 0 Å². The van der Waals surface area contributed by atoms with Crippen LogP contribution in [0.15, 0.2) is 48.5 Å². The van der Waals surface area contributed by atoms with Crippen molar-refractivity contribution in [3.05, 3.63) is 70.2 Å². The molecule has 4 heteroatoms. The molecule has 0 bridgehead atoms. The molecule has 2 rings (SSSR count). The van der Waals surface area contributed by atoms with Gasteiger partial charge in [-0.25, -0.2) is 0 Å². The van der Waals surface area contributed by atoms with E-state index in [1.807, 2.05) is 20.8 Å². The van der Waals surface area contributed by atoms with Crippen molar-refractivity contribution < 1.29 is 13.2 Å². The van der Waals surface area contributed by atoms with Gasteiger partial charge in [0.15, 0.2) is 0 Å². The van der Waals surface area contributed by atoms with Gasteiger partial charge in [0.2, 0.25) is 0 Å². The number of halogens is 4. The summed E-state index contributed by atoms with van der Waals surface area (Å²) in [7, 11) is 0. The highest BCUT2D eigenvalue weighted by atomic mass is 35.5. The van der Waals surface area contributed by atoms with Crippen molar-refractivity contribution >= 4 is 11.6 Å². The number of benzene rings is 2. The maximum absolute atomic E-state index is 12.4. The Bertz CT molecular complexity index is 675. The summed E-state index contributed by atoms with van der Waals surface area (Å²) in [4.78, 5) is 0. The van der Waals surface area contributed by atoms with Crippen molar-refractivity contribution in [1.82, 2.24) is 0 Å². The Balaban J connectivity index is 0.000000271. The minimum atomic E-state index is -4.31. The second kappa shape index (κ2) is 7.82. The van der Waals surface area contributed by atoms with Crippen LogP contribution in [0.5, 0.6) is 0 Å². The normalized spacial score (nSPS) is 12.4. The average molecular weight is 371 g/mol. The molecule has 0 amide bonds. The van der Waals surface area contributed by atoms with Gasteiger partial charge < -0.3 is 0 Å². The van der Waals surface area contributed by atoms with Gasteiger partial charge >= 0.3 is 6.18 Å². The Labute approximate surface area is 154 Å². The molecule has 0 saturated carbocycles. The summed E-state index contributed by atoms with van der Waals surface area (Å²) >= 11 is 5.86. The topological polar surface area (TPSA) is 0 Å². The van der Waals surface area contributed by atoms with E-state index in [2.05, 4.69) is 51.1 Å². The molecular weight excluding hydrogens is 345 g/mol. The Hall–Kier alpha value is -1.48. The lowest BCUT2D eigenvalue weighted by atomic mass is 9.86. The number of alkyl halides is 3. The SMILES string of the molecule is CC(C)(C)c1cc(C(F)(F)F)ccc1Cl.CC(C)(C)c1ccccc1. The second-order valence-corrected chi connectivity index (χ2v) is 8.47. The highest BCUT2D eigenvalue weighted by Gasteiger charge is 2.32. The lowest BCUT2D eigenvalue weighted by molar-refractivity contribution is -0.137. The summed E-state index contributed by atoms with van der Waals surface area (Å²) in [5.41, 5.74) is 1.16. The minimum Gasteiger partial charge on any atom is -0.166 e. The standard InChI is InChI=1S/C11H12ClF3.C10H14/c1-10(2,3)8-6-7(11(13,14)15)4-5-9(8)12;1-10(2,3)9-7-5-4-6-8-9/h4-6H,1-3H3;4-8H,1-3H3. The van der Waals surface area contributed by atoms with Crippen molar-refractivity contribution in [2.24, 2.45) is 0 Å². The summed E-state index contributed by atoms with van der Waals surface area (Å²) in [5, 5.41) is 0.371. The molecule has 0 atom stereocenters. The average Bonchev–Trinajstić information content (AvgIpc) is 2.46. The summed E-state index contributed by atoms with van der Waals surface area (Å²) in [6, 6.07) is 14.0. The Morgan fingerprint density at radius 3 is 1.56 bits per heavy atom. The summed E-state index contributed by atoms with van der Waals surface area (Å²) < 4.78 is 37.3. The monoisotopic (exact) mass is 370 g/mol. The van der Waals surface area contributed by atoms with E-state index < -0.39 is 17.2 Å². The van der Waals surface area contributed by atoms with E-state index in [-0.39, 0.29) is 0 Å². The molecule has 0 heterocycles. The predicted molar refractivity (Wildman–Crippen MR) is 100 cm³/mol. The molecule has 0 nitrogen and oxygen atoms in total. The molecule has 0 aliphatic carbocycles. The molecule has 0 N–H and O–H groups in total. The van der Waals surface area contributed by atoms with Crippen LogP contribution in [0.4, 0.5) is 13.2 Å². The second-order valence-electron chi connectivity index (χ2n) is 8.06. The predicted octanol–water partition coefficient (Wildman–Crippen LogP) is 7.64. The molecule has 0 aliphatic rings. The maximum atomic E-state index is 12.4. The van der Waals surface area contributed by atoms with Gasteiger partial charge in [-0.1, -0.05) is 83.5 Å². The molecule has 0 aliphatic heterocycles. The van der Waals surface area contributed by atoms with Crippen LogP contribution in [0.25, 0.3) is 0 Å². The van der Waals surface area contributed by atoms with Crippen LogP contribution >= 0.6 is 11.6 Å². The third kappa shape index (κ3) is 6.74. The maximum Gasteiger partial charge on any atom is 0.416 e. The minimum absolute atomic E-state index is 0.293. The first-order valence-corrected chi connectivity index (χ1v) is 8.53. The van der Waals surface area contributed by atoms with Crippen LogP contribution in [0.1, 0.15) is 58.2 Å². The Morgan fingerprint density at radius 2 is 1.20 bits per heavy atom. The van der Waals surface area contributed by atoms with Gasteiger partial charge in [-0.05, 0) is 40.2 Å². The first kappa shape index (κ1) is 21.6. The summed E-state index contributed by atoms with van der Waals surface area (Å²) in [5.74, 6) is 0. The molecule has 2 aromatic carbocycles. The number of hydrogen-bond donors (Lipinski definition) is 0. The molecule has 0 spiro atoms. The van der Waals surface area contributed by atoms with Gasteiger partial charge in [0, 0.05) is 5.02 Å². The van der Waals surface area contributed by atoms with Crippen LogP contribution in [-0.2, 0) is 17.0 Å². The fourth-order valence-corrected chi connectivity index (χ4v) is 2.62. The lowest BCUT2D eigenvalue weighted by Crippen LogP contribution is -2.14. The van der Waals surface area contributed by atoms with Gasteiger partial charge in [0.05, 0.1) is 5.56 Å². The van der Waals surface area contributed by atoms with E-state index in [4.69, 9.17) is 11.6 Å². The summed E-state index contributed by atoms with van der Waals surface area (Å²) in [6.45, 7) is 12.2. The first-order chi connectivity index (χ1) is 11.2. The highest BCUT2D eigenvalue weighted by Crippen LogP contribution is 2.36. The van der Waals surface area contributed by atoms with Gasteiger partial charge in [-0.2, -0.15) is 13.2 Å². The molecule has 0 saturated heterocycles. The number of rotatable bonds is 0. The lowest BCUT2D eigenvalue weighted by Gasteiger charge is -2.22. The van der Waals surface area contributed by atoms with Crippen LogP contribution in [0.2, 0.25) is 5.02 Å². The van der Waals surface area contributed by atoms with Gasteiger partial charge in [0.25, 0.3) is 0 Å². The fraction of sp³-hybridized carbons (Fsp3) is 0.429. The van der Waals surface area contributed by atoms with E-state index in [0.717, 1.165) is 12.1 Å². The first-order valence-electron chi connectivity index (χ1n) is 8.15. The molecule has 25 heavy (non-hydrogen) atoms. The zero-order chi connectivity index (χ0) is 19.5. The smallest absolute Gasteiger partial charge is 0.166 e. The van der Waals surface area contributed by atoms with Crippen LogP contribution in [0, 0.1) is 0 Å². The van der Waals surface area contributed by atoms with Crippen LogP contribution < -0.4 is 0 Å². The van der Waals surface area contributed by atoms with Gasteiger partial charge in [0.1, 0.15) is 0 Å². The third-order valence-corrected chi connectivity index (χ3v) is 4.07. The van der Waals surface area contributed by atoms with Gasteiger partial charge in [-0.15, -0.1) is 0 Å². The molecule has 2 aromatic rings. The van der Waals surface area contributed by atoms with Crippen molar-refractivity contribution in [2.75, 3.05) is 0 Å². The van der Waals surface area contributed by atoms with E-state index in [1.165, 1.54) is 11.6 Å². The number of hydrogen-bond acceptors (Lipinski definition) is 0. The quantitative estimate of drug-likeness (QED) is 0.447. The fourth-order valence-electron chi connectivity index (χ4n) is 2.21. The third-order valence-electron chi connectivity index (χ3n) is 3.74. The van der Waals surface area contributed by atoms with Gasteiger partial charge in [-0.3, -0.25) is 0 Å². The summed E-state index contributed by atoms with van der Waals surface area (Å²) in [6.07, 6.45) is -4.31. The van der Waals surface area contributed by atoms with Crippen LogP contribution in [0.3, 0.4) is 0 Å². The highest BCUT2D eigenvalue weighted by molar-refractivity contribution is 6.31. The van der Waals surface area contributed by atoms with Crippen LogP contribution in [-0.4, -0.2) is 0 Å².